The number of aryl methyl sites for hydroxylation is 4. The number of thiophene rings is 2. The van der Waals surface area contributed by atoms with Crippen LogP contribution in [0.5, 0.6) is 0 Å². The fourth-order valence-electron chi connectivity index (χ4n) is 6.18. The quantitative estimate of drug-likeness (QED) is 0.175. The normalized spacial score (nSPS) is 10.7. The summed E-state index contributed by atoms with van der Waals surface area (Å²) in [4.78, 5) is 38.5. The van der Waals surface area contributed by atoms with E-state index in [1.165, 1.54) is 32.0 Å². The summed E-state index contributed by atoms with van der Waals surface area (Å²) in [6, 6.07) is 32.7. The molecule has 0 atom stereocenters. The number of H-pyrrole nitrogens is 1. The second-order valence-electron chi connectivity index (χ2n) is 13.1. The monoisotopic (exact) mass is 944 g/mol. The Morgan fingerprint density at radius 1 is 0.446 bits per heavy atom. The van der Waals surface area contributed by atoms with Gasteiger partial charge in [-0.3, -0.25) is 29.9 Å². The zero-order valence-corrected chi connectivity index (χ0v) is 35.3. The van der Waals surface area contributed by atoms with Crippen molar-refractivity contribution in [3.05, 3.63) is 162 Å². The van der Waals surface area contributed by atoms with Gasteiger partial charge in [-0.2, -0.15) is 0 Å². The maximum atomic E-state index is 4.95. The molecular formula is C45H36N8OsS2. The number of benzene rings is 1. The number of nitrogens with zero attached hydrogens (tertiary/aromatic N) is 7. The van der Waals surface area contributed by atoms with Crippen molar-refractivity contribution in [1.82, 2.24) is 39.9 Å². The molecule has 0 radical (unpaired) electrons. The summed E-state index contributed by atoms with van der Waals surface area (Å²) in [5.74, 6) is 0.888. The van der Waals surface area contributed by atoms with Gasteiger partial charge in [0.2, 0.25) is 0 Å². The summed E-state index contributed by atoms with van der Waals surface area (Å²) < 4.78 is 0. The van der Waals surface area contributed by atoms with Crippen LogP contribution in [0.4, 0.5) is 0 Å². The van der Waals surface area contributed by atoms with Crippen LogP contribution in [0.2, 0.25) is 0 Å². The first-order valence-electron chi connectivity index (χ1n) is 17.8. The summed E-state index contributed by atoms with van der Waals surface area (Å²) in [6.45, 7) is 8.23. The Labute approximate surface area is 345 Å². The van der Waals surface area contributed by atoms with Crippen LogP contribution in [0.15, 0.2) is 140 Å². The molecule has 0 saturated heterocycles. The van der Waals surface area contributed by atoms with Gasteiger partial charge in [-0.25, -0.2) is 4.98 Å². The van der Waals surface area contributed by atoms with E-state index in [9.17, 15) is 0 Å². The third-order valence-corrected chi connectivity index (χ3v) is 11.0. The van der Waals surface area contributed by atoms with Crippen molar-refractivity contribution in [2.75, 3.05) is 0 Å². The van der Waals surface area contributed by atoms with Crippen molar-refractivity contribution in [1.29, 1.82) is 0 Å². The predicted molar refractivity (Wildman–Crippen MR) is 227 cm³/mol. The number of hydrogen-bond acceptors (Lipinski definition) is 9. The van der Waals surface area contributed by atoms with E-state index in [-0.39, 0.29) is 19.8 Å². The van der Waals surface area contributed by atoms with E-state index in [2.05, 4.69) is 104 Å². The Hall–Kier alpha value is -5.85. The van der Waals surface area contributed by atoms with Gasteiger partial charge in [0.25, 0.3) is 0 Å². The zero-order chi connectivity index (χ0) is 37.7. The Morgan fingerprint density at radius 3 is 1.41 bits per heavy atom. The van der Waals surface area contributed by atoms with Gasteiger partial charge in [0.15, 0.2) is 0 Å². The van der Waals surface area contributed by atoms with Crippen LogP contribution in [0, 0.1) is 27.7 Å². The summed E-state index contributed by atoms with van der Waals surface area (Å²) in [7, 11) is 0. The molecule has 0 saturated carbocycles. The molecule has 0 amide bonds. The van der Waals surface area contributed by atoms with E-state index >= 15 is 0 Å². The van der Waals surface area contributed by atoms with E-state index in [1.807, 2.05) is 97.8 Å². The molecule has 11 heteroatoms. The summed E-state index contributed by atoms with van der Waals surface area (Å²) >= 11 is 3.51. The van der Waals surface area contributed by atoms with Crippen LogP contribution in [0.25, 0.3) is 76.1 Å². The van der Waals surface area contributed by atoms with Crippen molar-refractivity contribution in [3.63, 3.8) is 0 Å². The Balaban J connectivity index is 0.000000141. The largest absolute Gasteiger partial charge is 0.337 e. The van der Waals surface area contributed by atoms with Gasteiger partial charge in [-0.1, -0.05) is 6.07 Å². The molecule has 276 valence electrons. The number of nitrogens with one attached hydrogen (secondary N) is 1. The molecule has 10 aromatic rings. The molecule has 0 unspecified atom stereocenters. The summed E-state index contributed by atoms with van der Waals surface area (Å²) in [5.41, 5.74) is 12.3. The predicted octanol–water partition coefficient (Wildman–Crippen LogP) is 11.6. The molecule has 1 N–H and O–H groups in total. The molecule has 0 spiro atoms. The summed E-state index contributed by atoms with van der Waals surface area (Å²) in [6.07, 6.45) is 10.9. The first kappa shape index (κ1) is 38.4. The van der Waals surface area contributed by atoms with Crippen molar-refractivity contribution in [3.8, 4) is 43.2 Å². The fourth-order valence-corrected chi connectivity index (χ4v) is 7.97. The molecule has 0 bridgehead atoms. The van der Waals surface area contributed by atoms with Gasteiger partial charge in [0.05, 0.1) is 49.7 Å². The Kier molecular flexibility index (Phi) is 11.9. The van der Waals surface area contributed by atoms with Gasteiger partial charge < -0.3 is 4.98 Å². The first-order chi connectivity index (χ1) is 26.9. The first-order valence-corrected chi connectivity index (χ1v) is 19.5. The van der Waals surface area contributed by atoms with Gasteiger partial charge in [0.1, 0.15) is 5.82 Å². The fraction of sp³-hybridized carbons (Fsp3) is 0.0889. The standard InChI is InChI=1S/C21H12N4S2.2C12H12N2.Os/c1-4-12-17(22-9-1)18-13(5-2-10-23-18)20-19(12)24-21(25-20)16-8-7-15(27-16)14-6-3-11-26-14;2*1-9-3-5-13-11(7-9)12-8-10(2)4-6-14-12;/h1-11H,(H,24,25);2*3-8H,1-2H3;. The molecule has 10 rings (SSSR count). The molecule has 9 aromatic heterocycles. The van der Waals surface area contributed by atoms with E-state index in [1.54, 1.807) is 22.7 Å². The third-order valence-electron chi connectivity index (χ3n) is 8.86. The van der Waals surface area contributed by atoms with E-state index < -0.39 is 0 Å². The average Bonchev–Trinajstić information content (AvgIpc) is 4.01. The number of rotatable bonds is 4. The molecule has 8 nitrogen and oxygen atoms in total. The van der Waals surface area contributed by atoms with Gasteiger partial charge >= 0.3 is 0 Å². The van der Waals surface area contributed by atoms with Crippen LogP contribution in [0.1, 0.15) is 22.3 Å². The number of hydrogen-bond donors (Lipinski definition) is 1. The van der Waals surface area contributed by atoms with Gasteiger partial charge in [-0.15, -0.1) is 22.7 Å². The number of imidazole rings is 1. The zero-order valence-electron chi connectivity index (χ0n) is 31.1. The molecular weight excluding hydrogens is 907 g/mol. The molecule has 0 aliphatic rings. The maximum absolute atomic E-state index is 4.95. The van der Waals surface area contributed by atoms with Crippen LogP contribution in [-0.2, 0) is 19.8 Å². The van der Waals surface area contributed by atoms with Crippen molar-refractivity contribution in [2.24, 2.45) is 0 Å². The van der Waals surface area contributed by atoms with E-state index in [0.29, 0.717) is 0 Å². The van der Waals surface area contributed by atoms with Gasteiger partial charge in [-0.05, 0) is 146 Å². The van der Waals surface area contributed by atoms with Crippen molar-refractivity contribution < 1.29 is 19.8 Å². The van der Waals surface area contributed by atoms with E-state index in [0.717, 1.165) is 66.3 Å². The number of fused-ring (bicyclic) bond motifs is 6. The molecule has 1 aromatic carbocycles. The third kappa shape index (κ3) is 8.51. The van der Waals surface area contributed by atoms with Crippen LogP contribution in [0.3, 0.4) is 0 Å². The maximum Gasteiger partial charge on any atom is 0.148 e. The molecule has 0 aliphatic heterocycles. The second-order valence-corrected chi connectivity index (χ2v) is 15.2. The number of aromatic nitrogens is 8. The molecule has 0 aliphatic carbocycles. The summed E-state index contributed by atoms with van der Waals surface area (Å²) in [5, 5.41) is 4.18. The van der Waals surface area contributed by atoms with Crippen molar-refractivity contribution >= 4 is 55.5 Å². The van der Waals surface area contributed by atoms with Crippen LogP contribution < -0.4 is 0 Å². The van der Waals surface area contributed by atoms with Crippen LogP contribution in [-0.4, -0.2) is 39.9 Å². The second kappa shape index (κ2) is 17.3. The van der Waals surface area contributed by atoms with Crippen molar-refractivity contribution in [2.45, 2.75) is 27.7 Å². The number of aromatic amines is 1. The molecule has 9 heterocycles. The smallest absolute Gasteiger partial charge is 0.148 e. The molecule has 56 heavy (non-hydrogen) atoms. The average molecular weight is 943 g/mol. The van der Waals surface area contributed by atoms with Crippen LogP contribution >= 0.6 is 22.7 Å². The minimum Gasteiger partial charge on any atom is -0.337 e. The Bertz CT molecular complexity index is 2650. The van der Waals surface area contributed by atoms with Gasteiger partial charge in [0, 0.05) is 77.5 Å². The SMILES string of the molecule is Cc1ccnc(-c2cc(C)ccn2)c1.Cc1ccnc(-c2cc(C)ccn2)c1.[Os].c1csc(-c2ccc(-c3nc4c5cccnc5c5ncccc5c4[nH]3)s2)c1. The Morgan fingerprint density at radius 2 is 0.929 bits per heavy atom. The van der Waals surface area contributed by atoms with E-state index in [4.69, 9.17) is 4.98 Å². The topological polar surface area (TPSA) is 106 Å². The number of pyridine rings is 6. The molecule has 0 fully saturated rings. The minimum absolute atomic E-state index is 0. The minimum atomic E-state index is 0.